The smallest absolute Gasteiger partial charge is 0.269 e. The highest BCUT2D eigenvalue weighted by molar-refractivity contribution is 8.19. The first-order chi connectivity index (χ1) is 15.5. The molecule has 1 saturated heterocycles. The van der Waals surface area contributed by atoms with Crippen molar-refractivity contribution in [2.24, 2.45) is 4.99 Å². The van der Waals surface area contributed by atoms with Gasteiger partial charge in [-0.15, -0.1) is 0 Å². The zero-order valence-corrected chi connectivity index (χ0v) is 20.1. The lowest BCUT2D eigenvalue weighted by molar-refractivity contribution is -0.122. The van der Waals surface area contributed by atoms with E-state index in [-0.39, 0.29) is 11.8 Å². The van der Waals surface area contributed by atoms with Gasteiger partial charge in [-0.25, -0.2) is 4.99 Å². The average Bonchev–Trinajstić information content (AvgIpc) is 3.30. The molecular weight excluding hydrogens is 440 g/mol. The highest BCUT2D eigenvalue weighted by Gasteiger charge is 2.39. The quantitative estimate of drug-likeness (QED) is 0.544. The Morgan fingerprint density at radius 3 is 2.47 bits per heavy atom. The number of aliphatic imine (C=N–C) groups is 1. The summed E-state index contributed by atoms with van der Waals surface area (Å²) >= 11 is 3.10. The van der Waals surface area contributed by atoms with Gasteiger partial charge in [0.05, 0.1) is 11.4 Å². The Morgan fingerprint density at radius 2 is 1.78 bits per heavy atom. The van der Waals surface area contributed by atoms with Gasteiger partial charge in [0.25, 0.3) is 5.91 Å². The minimum Gasteiger partial charge on any atom is -0.334 e. The minimum atomic E-state index is -0.112. The summed E-state index contributed by atoms with van der Waals surface area (Å²) in [6, 6.07) is 15.6. The Bertz CT molecular complexity index is 1100. The average molecular weight is 467 g/mol. The molecule has 8 heteroatoms. The molecule has 0 atom stereocenters. The van der Waals surface area contributed by atoms with Crippen molar-refractivity contribution in [3.63, 3.8) is 0 Å². The summed E-state index contributed by atoms with van der Waals surface area (Å²) in [5, 5.41) is 4.44. The summed E-state index contributed by atoms with van der Waals surface area (Å²) in [5.74, 6) is -0.0932. The number of hydrogen-bond acceptors (Lipinski definition) is 6. The lowest BCUT2D eigenvalue weighted by Gasteiger charge is -2.19. The molecule has 0 aliphatic carbocycles. The second kappa shape index (κ2) is 9.83. The number of amides is 2. The largest absolute Gasteiger partial charge is 0.334 e. The molecule has 1 fully saturated rings. The van der Waals surface area contributed by atoms with Crippen LogP contribution in [0.15, 0.2) is 68.4 Å². The van der Waals surface area contributed by atoms with E-state index in [4.69, 9.17) is 4.99 Å². The van der Waals surface area contributed by atoms with Crippen molar-refractivity contribution in [1.82, 2.24) is 4.90 Å². The number of amidine groups is 1. The van der Waals surface area contributed by atoms with Crippen molar-refractivity contribution in [3.8, 4) is 0 Å². The van der Waals surface area contributed by atoms with Crippen molar-refractivity contribution >= 4 is 57.6 Å². The van der Waals surface area contributed by atoms with Crippen molar-refractivity contribution in [3.05, 3.63) is 58.5 Å². The first kappa shape index (κ1) is 22.5. The second-order valence-corrected chi connectivity index (χ2v) is 9.49. The van der Waals surface area contributed by atoms with E-state index < -0.39 is 0 Å². The van der Waals surface area contributed by atoms with E-state index in [0.29, 0.717) is 11.7 Å². The third-order valence-electron chi connectivity index (χ3n) is 5.13. The molecule has 1 N–H and O–H groups in total. The summed E-state index contributed by atoms with van der Waals surface area (Å²) in [5.41, 5.74) is 2.62. The summed E-state index contributed by atoms with van der Waals surface area (Å²) in [6.45, 7) is 7.14. The molecule has 166 valence electrons. The fourth-order valence-corrected chi connectivity index (χ4v) is 6.00. The van der Waals surface area contributed by atoms with Crippen LogP contribution >= 0.6 is 23.5 Å². The lowest BCUT2D eigenvalue weighted by atomic mass is 10.3. The van der Waals surface area contributed by atoms with Crippen LogP contribution in [-0.2, 0) is 9.59 Å². The molecule has 2 heterocycles. The molecule has 6 nitrogen and oxygen atoms in total. The number of benzene rings is 2. The highest BCUT2D eigenvalue weighted by atomic mass is 32.2. The van der Waals surface area contributed by atoms with Crippen LogP contribution < -0.4 is 10.2 Å². The van der Waals surface area contributed by atoms with E-state index in [0.717, 1.165) is 46.4 Å². The molecule has 0 radical (unpaired) electrons. The number of hydrogen-bond donors (Lipinski definition) is 1. The van der Waals surface area contributed by atoms with Crippen LogP contribution in [0.2, 0.25) is 0 Å². The Morgan fingerprint density at radius 1 is 1.03 bits per heavy atom. The Labute approximate surface area is 197 Å². The minimum absolute atomic E-state index is 0.0193. The van der Waals surface area contributed by atoms with E-state index in [2.05, 4.69) is 36.2 Å². The number of unbranched alkanes of at least 4 members (excludes halogenated alkanes) is 1. The van der Waals surface area contributed by atoms with E-state index in [9.17, 15) is 9.59 Å². The zero-order chi connectivity index (χ0) is 22.7. The van der Waals surface area contributed by atoms with Crippen LogP contribution in [0.25, 0.3) is 0 Å². The monoisotopic (exact) mass is 466 g/mol. The lowest BCUT2D eigenvalue weighted by Crippen LogP contribution is -2.30. The van der Waals surface area contributed by atoms with Crippen LogP contribution in [0.1, 0.15) is 33.6 Å². The van der Waals surface area contributed by atoms with Gasteiger partial charge in [-0.1, -0.05) is 37.2 Å². The van der Waals surface area contributed by atoms with Gasteiger partial charge in [0.1, 0.15) is 9.93 Å². The first-order valence-corrected chi connectivity index (χ1v) is 12.4. The van der Waals surface area contributed by atoms with Gasteiger partial charge in [0.2, 0.25) is 5.91 Å². The normalized spacial score (nSPS) is 19.1. The molecule has 2 aromatic rings. The number of anilines is 2. The summed E-state index contributed by atoms with van der Waals surface area (Å²) < 4.78 is 0. The highest BCUT2D eigenvalue weighted by Crippen LogP contribution is 2.50. The zero-order valence-electron chi connectivity index (χ0n) is 18.4. The predicted octanol–water partition coefficient (Wildman–Crippen LogP) is 5.81. The molecule has 0 saturated carbocycles. The fraction of sp³-hybridized carbons (Fsp3) is 0.292. The number of carbonyl (C=O) groups is 2. The maximum Gasteiger partial charge on any atom is 0.269 e. The molecule has 0 aromatic heterocycles. The van der Waals surface area contributed by atoms with Gasteiger partial charge in [0.15, 0.2) is 5.17 Å². The van der Waals surface area contributed by atoms with Crippen molar-refractivity contribution < 1.29 is 9.59 Å². The Balaban J connectivity index is 1.67. The number of rotatable bonds is 6. The van der Waals surface area contributed by atoms with E-state index >= 15 is 0 Å². The van der Waals surface area contributed by atoms with Gasteiger partial charge < -0.3 is 10.2 Å². The summed E-state index contributed by atoms with van der Waals surface area (Å²) in [4.78, 5) is 35.4. The van der Waals surface area contributed by atoms with Gasteiger partial charge in [-0.2, -0.15) is 0 Å². The first-order valence-electron chi connectivity index (χ1n) is 10.8. The number of thioether (sulfide) groups is 2. The van der Waals surface area contributed by atoms with Gasteiger partial charge in [-0.3, -0.25) is 14.5 Å². The van der Waals surface area contributed by atoms with Crippen LogP contribution in [0.5, 0.6) is 0 Å². The van der Waals surface area contributed by atoms with Crippen molar-refractivity contribution in [1.29, 1.82) is 0 Å². The molecule has 2 amide bonds. The standard InChI is InChI=1S/C24H26N4O2S2/c1-4-6-15-28-22(30)21(23-27(5-2)19-9-7-8-10-20(19)31-23)32-24(28)26-18-13-11-17(12-14-18)25-16(3)29/h7-14H,4-6,15H2,1-3H3,(H,25,29)/b23-21-,26-24?. The van der Waals surface area contributed by atoms with E-state index in [1.165, 1.54) is 23.6 Å². The predicted molar refractivity (Wildman–Crippen MR) is 134 cm³/mol. The SMILES string of the molecule is CCCCN1C(=O)/C(=C2/Sc3ccccc3N2CC)SC1=Nc1ccc(NC(C)=O)cc1. The Kier molecular flexibility index (Phi) is 6.91. The van der Waals surface area contributed by atoms with Gasteiger partial charge in [-0.05, 0) is 61.5 Å². The van der Waals surface area contributed by atoms with E-state index in [1.54, 1.807) is 16.7 Å². The maximum absolute atomic E-state index is 13.5. The molecule has 0 bridgehead atoms. The number of nitrogens with one attached hydrogen (secondary N) is 1. The maximum atomic E-state index is 13.5. The van der Waals surface area contributed by atoms with Gasteiger partial charge in [0, 0.05) is 30.6 Å². The van der Waals surface area contributed by atoms with Gasteiger partial charge >= 0.3 is 0 Å². The number of fused-ring (bicyclic) bond motifs is 1. The topological polar surface area (TPSA) is 65.0 Å². The van der Waals surface area contributed by atoms with E-state index in [1.807, 2.05) is 36.4 Å². The van der Waals surface area contributed by atoms with Crippen molar-refractivity contribution in [2.45, 2.75) is 38.5 Å². The fourth-order valence-electron chi connectivity index (χ4n) is 3.58. The molecular formula is C24H26N4O2S2. The second-order valence-electron chi connectivity index (χ2n) is 7.48. The number of para-hydroxylation sites is 1. The third-order valence-corrected chi connectivity index (χ3v) is 7.51. The third kappa shape index (κ3) is 4.56. The molecule has 32 heavy (non-hydrogen) atoms. The van der Waals surface area contributed by atoms with Crippen LogP contribution in [0.4, 0.5) is 17.1 Å². The van der Waals surface area contributed by atoms with Crippen LogP contribution in [0.3, 0.4) is 0 Å². The summed E-state index contributed by atoms with van der Waals surface area (Å²) in [6.07, 6.45) is 1.92. The van der Waals surface area contributed by atoms with Crippen LogP contribution in [0, 0.1) is 0 Å². The number of nitrogens with zero attached hydrogens (tertiary/aromatic N) is 3. The van der Waals surface area contributed by atoms with Crippen LogP contribution in [-0.4, -0.2) is 35.0 Å². The molecule has 0 unspecified atom stereocenters. The number of carbonyl (C=O) groups excluding carboxylic acids is 2. The molecule has 2 aliphatic rings. The molecule has 0 spiro atoms. The van der Waals surface area contributed by atoms with Crippen molar-refractivity contribution in [2.75, 3.05) is 23.3 Å². The summed E-state index contributed by atoms with van der Waals surface area (Å²) in [7, 11) is 0. The Hall–Kier alpha value is -2.71. The molecule has 4 rings (SSSR count). The molecule has 2 aromatic carbocycles. The molecule has 2 aliphatic heterocycles.